The molecule has 3 rings (SSSR count). The molecular weight excluding hydrogens is 334 g/mol. The van der Waals surface area contributed by atoms with E-state index in [4.69, 9.17) is 23.2 Å². The van der Waals surface area contributed by atoms with Crippen LogP contribution in [0.25, 0.3) is 0 Å². The highest BCUT2D eigenvalue weighted by molar-refractivity contribution is 6.31. The molecule has 1 aliphatic heterocycles. The van der Waals surface area contributed by atoms with Gasteiger partial charge in [-0.1, -0.05) is 41.4 Å². The van der Waals surface area contributed by atoms with E-state index < -0.39 is 0 Å². The Morgan fingerprint density at radius 1 is 0.870 bits per heavy atom. The maximum Gasteiger partial charge on any atom is 0.124 e. The molecule has 0 spiro atoms. The van der Waals surface area contributed by atoms with Gasteiger partial charge in [-0.2, -0.15) is 0 Å². The minimum atomic E-state index is -0.287. The molecule has 122 valence electrons. The van der Waals surface area contributed by atoms with Gasteiger partial charge in [0.1, 0.15) is 5.82 Å². The average molecular weight is 353 g/mol. The molecule has 0 aromatic heterocycles. The molecule has 2 aromatic carbocycles. The van der Waals surface area contributed by atoms with Gasteiger partial charge in [0.15, 0.2) is 0 Å². The standard InChI is InChI=1S/C18H19Cl2FN2/c19-16-3-1-2-14(10-16)12-22-6-8-23(9-7-22)13-15-4-5-17(21)11-18(15)20/h1-5,10-11H,6-9,12-13H2. The lowest BCUT2D eigenvalue weighted by Crippen LogP contribution is -2.45. The Hall–Kier alpha value is -1.13. The van der Waals surface area contributed by atoms with E-state index in [1.807, 2.05) is 18.2 Å². The van der Waals surface area contributed by atoms with E-state index in [0.717, 1.165) is 49.9 Å². The fourth-order valence-electron chi connectivity index (χ4n) is 2.89. The molecule has 0 radical (unpaired) electrons. The minimum Gasteiger partial charge on any atom is -0.297 e. The van der Waals surface area contributed by atoms with Crippen molar-refractivity contribution in [1.82, 2.24) is 9.80 Å². The summed E-state index contributed by atoms with van der Waals surface area (Å²) in [6.07, 6.45) is 0. The highest BCUT2D eigenvalue weighted by Crippen LogP contribution is 2.20. The van der Waals surface area contributed by atoms with Crippen molar-refractivity contribution in [2.75, 3.05) is 26.2 Å². The second-order valence-electron chi connectivity index (χ2n) is 5.92. The van der Waals surface area contributed by atoms with Gasteiger partial charge in [-0.3, -0.25) is 9.80 Å². The number of hydrogen-bond acceptors (Lipinski definition) is 2. The number of halogens is 3. The van der Waals surface area contributed by atoms with Crippen LogP contribution in [0.4, 0.5) is 4.39 Å². The van der Waals surface area contributed by atoms with Crippen LogP contribution >= 0.6 is 23.2 Å². The lowest BCUT2D eigenvalue weighted by molar-refractivity contribution is 0.122. The van der Waals surface area contributed by atoms with Crippen LogP contribution in [0.5, 0.6) is 0 Å². The van der Waals surface area contributed by atoms with Crippen molar-refractivity contribution >= 4 is 23.2 Å². The molecule has 0 saturated carbocycles. The zero-order valence-electron chi connectivity index (χ0n) is 12.8. The summed E-state index contributed by atoms with van der Waals surface area (Å²) >= 11 is 12.1. The Morgan fingerprint density at radius 2 is 1.57 bits per heavy atom. The van der Waals surface area contributed by atoms with Crippen LogP contribution in [-0.2, 0) is 13.1 Å². The van der Waals surface area contributed by atoms with E-state index >= 15 is 0 Å². The van der Waals surface area contributed by atoms with E-state index in [0.29, 0.717) is 5.02 Å². The van der Waals surface area contributed by atoms with Gasteiger partial charge in [-0.15, -0.1) is 0 Å². The van der Waals surface area contributed by atoms with E-state index in [9.17, 15) is 4.39 Å². The van der Waals surface area contributed by atoms with Crippen LogP contribution in [0.1, 0.15) is 11.1 Å². The van der Waals surface area contributed by atoms with Crippen LogP contribution in [0.15, 0.2) is 42.5 Å². The van der Waals surface area contributed by atoms with Gasteiger partial charge in [0, 0.05) is 49.3 Å². The molecule has 5 heteroatoms. The summed E-state index contributed by atoms with van der Waals surface area (Å²) in [6.45, 7) is 5.66. The highest BCUT2D eigenvalue weighted by atomic mass is 35.5. The van der Waals surface area contributed by atoms with Crippen LogP contribution in [0.2, 0.25) is 10.0 Å². The Kier molecular flexibility index (Phi) is 5.54. The van der Waals surface area contributed by atoms with Crippen molar-refractivity contribution in [2.24, 2.45) is 0 Å². The summed E-state index contributed by atoms with van der Waals surface area (Å²) in [7, 11) is 0. The zero-order chi connectivity index (χ0) is 16.2. The van der Waals surface area contributed by atoms with Crippen LogP contribution in [0.3, 0.4) is 0 Å². The maximum atomic E-state index is 13.1. The summed E-state index contributed by atoms with van der Waals surface area (Å²) in [4.78, 5) is 4.78. The van der Waals surface area contributed by atoms with Gasteiger partial charge in [-0.25, -0.2) is 4.39 Å². The molecule has 1 fully saturated rings. The van der Waals surface area contributed by atoms with Gasteiger partial charge in [-0.05, 0) is 35.4 Å². The first-order valence-electron chi connectivity index (χ1n) is 7.73. The quantitative estimate of drug-likeness (QED) is 0.801. The fourth-order valence-corrected chi connectivity index (χ4v) is 3.33. The molecule has 0 unspecified atom stereocenters. The van der Waals surface area contributed by atoms with Gasteiger partial charge in [0.2, 0.25) is 0 Å². The molecule has 1 saturated heterocycles. The predicted octanol–water partition coefficient (Wildman–Crippen LogP) is 4.45. The number of rotatable bonds is 4. The molecule has 0 amide bonds. The van der Waals surface area contributed by atoms with Crippen molar-refractivity contribution < 1.29 is 4.39 Å². The maximum absolute atomic E-state index is 13.1. The van der Waals surface area contributed by atoms with Crippen molar-refractivity contribution in [3.63, 3.8) is 0 Å². The summed E-state index contributed by atoms with van der Waals surface area (Å²) in [5.74, 6) is -0.287. The van der Waals surface area contributed by atoms with E-state index in [1.165, 1.54) is 17.7 Å². The third-order valence-electron chi connectivity index (χ3n) is 4.17. The summed E-state index contributed by atoms with van der Waals surface area (Å²) in [5, 5.41) is 1.29. The summed E-state index contributed by atoms with van der Waals surface area (Å²) < 4.78 is 13.1. The molecule has 2 nitrogen and oxygen atoms in total. The third kappa shape index (κ3) is 4.67. The first-order chi connectivity index (χ1) is 11.1. The van der Waals surface area contributed by atoms with Gasteiger partial charge < -0.3 is 0 Å². The van der Waals surface area contributed by atoms with Crippen LogP contribution in [0, 0.1) is 5.82 Å². The molecule has 1 aliphatic rings. The van der Waals surface area contributed by atoms with E-state index in [2.05, 4.69) is 15.9 Å². The molecular formula is C18H19Cl2FN2. The van der Waals surface area contributed by atoms with E-state index in [1.54, 1.807) is 6.07 Å². The summed E-state index contributed by atoms with van der Waals surface area (Å²) in [6, 6.07) is 12.6. The Morgan fingerprint density at radius 3 is 2.22 bits per heavy atom. The Balaban J connectivity index is 1.52. The zero-order valence-corrected chi connectivity index (χ0v) is 14.3. The normalized spacial score (nSPS) is 16.7. The highest BCUT2D eigenvalue weighted by Gasteiger charge is 2.18. The second-order valence-corrected chi connectivity index (χ2v) is 6.76. The topological polar surface area (TPSA) is 6.48 Å². The van der Waals surface area contributed by atoms with Crippen molar-refractivity contribution in [3.05, 3.63) is 69.5 Å². The monoisotopic (exact) mass is 352 g/mol. The van der Waals surface area contributed by atoms with Gasteiger partial charge >= 0.3 is 0 Å². The molecule has 0 aliphatic carbocycles. The predicted molar refractivity (Wildman–Crippen MR) is 93.4 cm³/mol. The third-order valence-corrected chi connectivity index (χ3v) is 4.76. The van der Waals surface area contributed by atoms with Crippen LogP contribution < -0.4 is 0 Å². The number of hydrogen-bond donors (Lipinski definition) is 0. The molecule has 2 aromatic rings. The molecule has 0 atom stereocenters. The van der Waals surface area contributed by atoms with Crippen molar-refractivity contribution in [3.8, 4) is 0 Å². The Bertz CT molecular complexity index is 670. The SMILES string of the molecule is Fc1ccc(CN2CCN(Cc3cccc(Cl)c3)CC2)c(Cl)c1. The molecule has 0 bridgehead atoms. The smallest absolute Gasteiger partial charge is 0.124 e. The first-order valence-corrected chi connectivity index (χ1v) is 8.49. The Labute approximate surface area is 146 Å². The minimum absolute atomic E-state index is 0.287. The first kappa shape index (κ1) is 16.7. The lowest BCUT2D eigenvalue weighted by atomic mass is 10.1. The molecule has 0 N–H and O–H groups in total. The van der Waals surface area contributed by atoms with Crippen molar-refractivity contribution in [1.29, 1.82) is 0 Å². The number of benzene rings is 2. The average Bonchev–Trinajstić information content (AvgIpc) is 2.52. The van der Waals surface area contributed by atoms with Gasteiger partial charge in [0.25, 0.3) is 0 Å². The van der Waals surface area contributed by atoms with Gasteiger partial charge in [0.05, 0.1) is 0 Å². The summed E-state index contributed by atoms with van der Waals surface area (Å²) in [5.41, 5.74) is 2.23. The lowest BCUT2D eigenvalue weighted by Gasteiger charge is -2.34. The number of piperazine rings is 1. The van der Waals surface area contributed by atoms with Crippen LogP contribution in [-0.4, -0.2) is 36.0 Å². The fraction of sp³-hybridized carbons (Fsp3) is 0.333. The van der Waals surface area contributed by atoms with Crippen molar-refractivity contribution in [2.45, 2.75) is 13.1 Å². The number of nitrogens with zero attached hydrogens (tertiary/aromatic N) is 2. The molecule has 1 heterocycles. The van der Waals surface area contributed by atoms with E-state index in [-0.39, 0.29) is 5.82 Å². The largest absolute Gasteiger partial charge is 0.297 e. The molecule has 23 heavy (non-hydrogen) atoms. The second kappa shape index (κ2) is 7.63.